The molecule has 0 bridgehead atoms. The first kappa shape index (κ1) is 13.8. The number of carboxylic acids is 2. The van der Waals surface area contributed by atoms with Gasteiger partial charge < -0.3 is 26.2 Å². The van der Waals surface area contributed by atoms with Crippen molar-refractivity contribution in [3.63, 3.8) is 0 Å². The maximum Gasteiger partial charge on any atom is 0.358 e. The van der Waals surface area contributed by atoms with E-state index in [2.05, 4.69) is 9.97 Å². The van der Waals surface area contributed by atoms with Gasteiger partial charge in [-0.05, 0) is 0 Å². The minimum Gasteiger partial charge on any atom is -0.481 e. The Labute approximate surface area is 101 Å². The number of anilines is 1. The third-order valence-corrected chi connectivity index (χ3v) is 2.07. The van der Waals surface area contributed by atoms with Crippen molar-refractivity contribution in [3.8, 4) is 0 Å². The molecule has 2 atom stereocenters. The van der Waals surface area contributed by atoms with E-state index in [0.717, 1.165) is 6.20 Å². The average molecular weight is 257 g/mol. The van der Waals surface area contributed by atoms with E-state index in [0.29, 0.717) is 0 Å². The fourth-order valence-corrected chi connectivity index (χ4v) is 1.20. The number of hydrogen-bond donors (Lipinski definition) is 5. The highest BCUT2D eigenvalue weighted by Crippen LogP contribution is 2.18. The fraction of sp³-hybridized carbons (Fsp3) is 0.333. The van der Waals surface area contributed by atoms with Crippen LogP contribution in [0.1, 0.15) is 28.7 Å². The molecule has 0 fully saturated rings. The molecule has 6 N–H and O–H groups in total. The lowest BCUT2D eigenvalue weighted by Gasteiger charge is -2.15. The molecular weight excluding hydrogens is 246 g/mol. The zero-order valence-electron chi connectivity index (χ0n) is 9.02. The lowest BCUT2D eigenvalue weighted by molar-refractivity contribution is -0.141. The molecule has 0 aromatic carbocycles. The van der Waals surface area contributed by atoms with Gasteiger partial charge in [-0.1, -0.05) is 0 Å². The number of aliphatic hydroxyl groups excluding tert-OH is 2. The van der Waals surface area contributed by atoms with Crippen molar-refractivity contribution >= 4 is 17.8 Å². The molecule has 18 heavy (non-hydrogen) atoms. The summed E-state index contributed by atoms with van der Waals surface area (Å²) in [7, 11) is 0. The summed E-state index contributed by atoms with van der Waals surface area (Å²) in [6.07, 6.45) is -3.03. The Balaban J connectivity index is 2.99. The molecule has 0 saturated heterocycles. The molecule has 1 heterocycles. The number of nitrogens with zero attached hydrogens (tertiary/aromatic N) is 2. The molecule has 0 aliphatic rings. The first-order chi connectivity index (χ1) is 8.32. The van der Waals surface area contributed by atoms with Crippen LogP contribution in [0.4, 0.5) is 5.82 Å². The van der Waals surface area contributed by atoms with Gasteiger partial charge in [0.15, 0.2) is 11.5 Å². The van der Waals surface area contributed by atoms with Crippen LogP contribution in [0, 0.1) is 0 Å². The molecule has 0 saturated carbocycles. The lowest BCUT2D eigenvalue weighted by atomic mass is 10.1. The number of nitrogens with two attached hydrogens (primary N) is 1. The number of aliphatic hydroxyl groups is 2. The summed E-state index contributed by atoms with van der Waals surface area (Å²) >= 11 is 0. The molecule has 98 valence electrons. The van der Waals surface area contributed by atoms with E-state index < -0.39 is 36.3 Å². The van der Waals surface area contributed by atoms with Crippen LogP contribution in [-0.4, -0.2) is 48.4 Å². The number of nitrogen functional groups attached to an aromatic ring is 1. The molecule has 0 aliphatic carbocycles. The van der Waals surface area contributed by atoms with Crippen LogP contribution < -0.4 is 5.73 Å². The van der Waals surface area contributed by atoms with Gasteiger partial charge in [-0.15, -0.1) is 0 Å². The Kier molecular flexibility index (Phi) is 4.13. The number of rotatable bonds is 5. The summed E-state index contributed by atoms with van der Waals surface area (Å²) < 4.78 is 0. The van der Waals surface area contributed by atoms with Crippen molar-refractivity contribution < 1.29 is 30.0 Å². The van der Waals surface area contributed by atoms with Gasteiger partial charge in [0.05, 0.1) is 24.4 Å². The van der Waals surface area contributed by atoms with Crippen molar-refractivity contribution in [1.29, 1.82) is 0 Å². The van der Waals surface area contributed by atoms with Gasteiger partial charge in [0.2, 0.25) is 0 Å². The second-order valence-electron chi connectivity index (χ2n) is 3.44. The SMILES string of the molecule is Nc1ncc(C(O)C(O)CC(=O)O)nc1C(=O)O. The minimum atomic E-state index is -1.66. The summed E-state index contributed by atoms with van der Waals surface area (Å²) in [6.45, 7) is 0. The Morgan fingerprint density at radius 3 is 2.44 bits per heavy atom. The van der Waals surface area contributed by atoms with Gasteiger partial charge >= 0.3 is 11.9 Å². The lowest BCUT2D eigenvalue weighted by Crippen LogP contribution is -2.23. The van der Waals surface area contributed by atoms with Gasteiger partial charge in [-0.3, -0.25) is 4.79 Å². The van der Waals surface area contributed by atoms with Crippen molar-refractivity contribution in [2.24, 2.45) is 0 Å². The number of aromatic nitrogens is 2. The molecule has 1 aromatic heterocycles. The van der Waals surface area contributed by atoms with E-state index >= 15 is 0 Å². The van der Waals surface area contributed by atoms with Crippen molar-refractivity contribution in [2.75, 3.05) is 5.73 Å². The van der Waals surface area contributed by atoms with Gasteiger partial charge in [0.25, 0.3) is 0 Å². The first-order valence-corrected chi connectivity index (χ1v) is 4.76. The maximum atomic E-state index is 10.7. The van der Waals surface area contributed by atoms with Crippen LogP contribution in [0.15, 0.2) is 6.20 Å². The highest BCUT2D eigenvalue weighted by Gasteiger charge is 2.24. The number of carboxylic acid groups (broad SMARTS) is 2. The van der Waals surface area contributed by atoms with Crippen LogP contribution >= 0.6 is 0 Å². The van der Waals surface area contributed by atoms with Crippen LogP contribution in [-0.2, 0) is 4.79 Å². The monoisotopic (exact) mass is 257 g/mol. The van der Waals surface area contributed by atoms with Gasteiger partial charge in [-0.2, -0.15) is 0 Å². The quantitative estimate of drug-likeness (QED) is 0.427. The van der Waals surface area contributed by atoms with Crippen LogP contribution in [0.2, 0.25) is 0 Å². The standard InChI is InChI=1S/C9H11N3O6/c10-8-6(9(17)18)12-3(2-11-8)7(16)4(13)1-5(14)15/h2,4,7,13,16H,1H2,(H2,10,11)(H,14,15)(H,17,18). The van der Waals surface area contributed by atoms with E-state index in [1.165, 1.54) is 0 Å². The number of hydrogen-bond acceptors (Lipinski definition) is 7. The van der Waals surface area contributed by atoms with E-state index in [-0.39, 0.29) is 11.5 Å². The van der Waals surface area contributed by atoms with E-state index in [1.807, 2.05) is 0 Å². The highest BCUT2D eigenvalue weighted by atomic mass is 16.4. The van der Waals surface area contributed by atoms with Crippen LogP contribution in [0.3, 0.4) is 0 Å². The number of aromatic carboxylic acids is 1. The second kappa shape index (κ2) is 5.38. The highest BCUT2D eigenvalue weighted by molar-refractivity contribution is 5.90. The molecular formula is C9H11N3O6. The molecule has 0 radical (unpaired) electrons. The molecule has 1 rings (SSSR count). The predicted molar refractivity (Wildman–Crippen MR) is 56.6 cm³/mol. The molecule has 0 spiro atoms. The first-order valence-electron chi connectivity index (χ1n) is 4.76. The zero-order chi connectivity index (χ0) is 13.9. The minimum absolute atomic E-state index is 0.268. The fourth-order valence-electron chi connectivity index (χ4n) is 1.20. The zero-order valence-corrected chi connectivity index (χ0v) is 9.02. The molecule has 9 heteroatoms. The topological polar surface area (TPSA) is 167 Å². The third kappa shape index (κ3) is 3.12. The molecule has 9 nitrogen and oxygen atoms in total. The maximum absolute atomic E-state index is 10.7. The second-order valence-corrected chi connectivity index (χ2v) is 3.44. The van der Waals surface area contributed by atoms with Crippen LogP contribution in [0.5, 0.6) is 0 Å². The molecule has 0 amide bonds. The van der Waals surface area contributed by atoms with E-state index in [9.17, 15) is 19.8 Å². The largest absolute Gasteiger partial charge is 0.481 e. The number of carbonyl (C=O) groups is 2. The summed E-state index contributed by atoms with van der Waals surface area (Å²) in [6, 6.07) is 0. The predicted octanol–water partition coefficient (Wildman–Crippen LogP) is -1.37. The van der Waals surface area contributed by atoms with Crippen molar-refractivity contribution in [1.82, 2.24) is 9.97 Å². The normalized spacial score (nSPS) is 13.9. The number of aliphatic carboxylic acids is 1. The Bertz CT molecular complexity index is 477. The average Bonchev–Trinajstić information content (AvgIpc) is 2.27. The summed E-state index contributed by atoms with van der Waals surface area (Å²) in [5, 5.41) is 36.1. The van der Waals surface area contributed by atoms with Crippen LogP contribution in [0.25, 0.3) is 0 Å². The third-order valence-electron chi connectivity index (χ3n) is 2.07. The molecule has 2 unspecified atom stereocenters. The smallest absolute Gasteiger partial charge is 0.358 e. The Morgan fingerprint density at radius 2 is 1.94 bits per heavy atom. The van der Waals surface area contributed by atoms with E-state index in [1.54, 1.807) is 0 Å². The van der Waals surface area contributed by atoms with Crippen molar-refractivity contribution in [3.05, 3.63) is 17.6 Å². The summed E-state index contributed by atoms with van der Waals surface area (Å²) in [5.74, 6) is -3.10. The van der Waals surface area contributed by atoms with E-state index in [4.69, 9.17) is 15.9 Å². The van der Waals surface area contributed by atoms with Crippen molar-refractivity contribution in [2.45, 2.75) is 18.6 Å². The summed E-state index contributed by atoms with van der Waals surface area (Å²) in [5.41, 5.74) is 4.41. The molecule has 0 aliphatic heterocycles. The Hall–Kier alpha value is -2.26. The Morgan fingerprint density at radius 1 is 1.33 bits per heavy atom. The van der Waals surface area contributed by atoms with Gasteiger partial charge in [-0.25, -0.2) is 14.8 Å². The molecule has 1 aromatic rings. The van der Waals surface area contributed by atoms with Gasteiger partial charge in [0, 0.05) is 0 Å². The van der Waals surface area contributed by atoms with Gasteiger partial charge in [0.1, 0.15) is 6.10 Å². The summed E-state index contributed by atoms with van der Waals surface area (Å²) in [4.78, 5) is 28.1.